The Morgan fingerprint density at radius 2 is 2.00 bits per heavy atom. The van der Waals surface area contributed by atoms with Gasteiger partial charge in [-0.1, -0.05) is 6.92 Å². The summed E-state index contributed by atoms with van der Waals surface area (Å²) in [5.74, 6) is 2.64. The summed E-state index contributed by atoms with van der Waals surface area (Å²) in [6.45, 7) is 4.90. The van der Waals surface area contributed by atoms with Gasteiger partial charge in [0, 0.05) is 32.2 Å². The van der Waals surface area contributed by atoms with Crippen LogP contribution in [0.4, 0.5) is 11.6 Å². The van der Waals surface area contributed by atoms with E-state index in [-0.39, 0.29) is 0 Å². The third-order valence-corrected chi connectivity index (χ3v) is 3.19. The molecule has 1 heterocycles. The summed E-state index contributed by atoms with van der Waals surface area (Å²) in [4.78, 5) is 8.87. The van der Waals surface area contributed by atoms with Crippen LogP contribution < -0.4 is 10.6 Å². The van der Waals surface area contributed by atoms with Crippen LogP contribution in [-0.2, 0) is 11.2 Å². The first-order valence-corrected chi connectivity index (χ1v) is 6.69. The predicted octanol–water partition coefficient (Wildman–Crippen LogP) is 2.06. The van der Waals surface area contributed by atoms with Crippen molar-refractivity contribution in [2.24, 2.45) is 0 Å². The molecular formula is C13H22N4O. The third kappa shape index (κ3) is 3.10. The van der Waals surface area contributed by atoms with Crippen LogP contribution in [0.5, 0.6) is 0 Å². The molecule has 5 heteroatoms. The highest BCUT2D eigenvalue weighted by molar-refractivity contribution is 5.48. The van der Waals surface area contributed by atoms with E-state index in [1.807, 2.05) is 20.0 Å². The lowest BCUT2D eigenvalue weighted by Crippen LogP contribution is -2.41. The normalized spacial score (nSPS) is 22.4. The molecule has 2 N–H and O–H groups in total. The van der Waals surface area contributed by atoms with E-state index in [0.29, 0.717) is 12.1 Å². The van der Waals surface area contributed by atoms with E-state index in [0.717, 1.165) is 43.3 Å². The predicted molar refractivity (Wildman–Crippen MR) is 73.0 cm³/mol. The van der Waals surface area contributed by atoms with Crippen molar-refractivity contribution in [3.8, 4) is 0 Å². The Morgan fingerprint density at radius 3 is 2.61 bits per heavy atom. The molecule has 0 atom stereocenters. The summed E-state index contributed by atoms with van der Waals surface area (Å²) >= 11 is 0. The van der Waals surface area contributed by atoms with Gasteiger partial charge in [-0.25, -0.2) is 9.97 Å². The quantitative estimate of drug-likeness (QED) is 0.809. The van der Waals surface area contributed by atoms with Crippen LogP contribution in [-0.4, -0.2) is 35.8 Å². The standard InChI is InChI=1S/C13H22N4O/c1-4-11-16-12(14-3)8-13(17-11)15-9-6-10(7-9)18-5-2/h8-10H,4-7H2,1-3H3,(H2,14,15,16,17). The number of anilines is 2. The van der Waals surface area contributed by atoms with Crippen molar-refractivity contribution in [1.29, 1.82) is 0 Å². The van der Waals surface area contributed by atoms with Gasteiger partial charge in [0.2, 0.25) is 0 Å². The zero-order chi connectivity index (χ0) is 13.0. The van der Waals surface area contributed by atoms with E-state index < -0.39 is 0 Å². The summed E-state index contributed by atoms with van der Waals surface area (Å²) in [6, 6.07) is 2.43. The Labute approximate surface area is 108 Å². The monoisotopic (exact) mass is 250 g/mol. The van der Waals surface area contributed by atoms with Gasteiger partial charge in [0.25, 0.3) is 0 Å². The fourth-order valence-corrected chi connectivity index (χ4v) is 2.12. The average Bonchev–Trinajstić information content (AvgIpc) is 2.35. The van der Waals surface area contributed by atoms with Crippen molar-refractivity contribution in [3.63, 3.8) is 0 Å². The van der Waals surface area contributed by atoms with Crippen molar-refractivity contribution in [2.75, 3.05) is 24.3 Å². The molecule has 1 fully saturated rings. The molecule has 1 aromatic rings. The van der Waals surface area contributed by atoms with Crippen LogP contribution >= 0.6 is 0 Å². The number of aryl methyl sites for hydroxylation is 1. The highest BCUT2D eigenvalue weighted by atomic mass is 16.5. The summed E-state index contributed by atoms with van der Waals surface area (Å²) in [5.41, 5.74) is 0. The highest BCUT2D eigenvalue weighted by Gasteiger charge is 2.29. The Balaban J connectivity index is 1.93. The van der Waals surface area contributed by atoms with Crippen molar-refractivity contribution >= 4 is 11.6 Å². The first-order chi connectivity index (χ1) is 8.75. The van der Waals surface area contributed by atoms with Crippen LogP contribution in [0.15, 0.2) is 6.07 Å². The topological polar surface area (TPSA) is 59.1 Å². The minimum atomic E-state index is 0.420. The van der Waals surface area contributed by atoms with Gasteiger partial charge < -0.3 is 15.4 Å². The molecule has 1 saturated carbocycles. The molecule has 0 radical (unpaired) electrons. The Bertz CT molecular complexity index is 368. The van der Waals surface area contributed by atoms with E-state index >= 15 is 0 Å². The second-order valence-electron chi connectivity index (χ2n) is 4.55. The molecule has 0 unspecified atom stereocenters. The molecule has 2 rings (SSSR count). The molecule has 5 nitrogen and oxygen atoms in total. The number of nitrogens with zero attached hydrogens (tertiary/aromatic N) is 2. The van der Waals surface area contributed by atoms with E-state index in [4.69, 9.17) is 4.74 Å². The smallest absolute Gasteiger partial charge is 0.132 e. The van der Waals surface area contributed by atoms with Crippen molar-refractivity contribution in [2.45, 2.75) is 45.3 Å². The number of hydrogen-bond donors (Lipinski definition) is 2. The van der Waals surface area contributed by atoms with Gasteiger partial charge >= 0.3 is 0 Å². The van der Waals surface area contributed by atoms with E-state index in [1.54, 1.807) is 0 Å². The Hall–Kier alpha value is -1.36. The minimum Gasteiger partial charge on any atom is -0.378 e. The summed E-state index contributed by atoms with van der Waals surface area (Å²) in [5, 5.41) is 6.51. The average molecular weight is 250 g/mol. The van der Waals surface area contributed by atoms with Gasteiger partial charge in [0.1, 0.15) is 17.5 Å². The molecule has 1 aromatic heterocycles. The lowest BCUT2D eigenvalue weighted by Gasteiger charge is -2.35. The number of ether oxygens (including phenoxy) is 1. The Morgan fingerprint density at radius 1 is 1.28 bits per heavy atom. The van der Waals surface area contributed by atoms with Crippen molar-refractivity contribution < 1.29 is 4.74 Å². The maximum Gasteiger partial charge on any atom is 0.132 e. The van der Waals surface area contributed by atoms with E-state index in [1.165, 1.54) is 0 Å². The van der Waals surface area contributed by atoms with Gasteiger partial charge in [0.15, 0.2) is 0 Å². The molecule has 0 spiro atoms. The van der Waals surface area contributed by atoms with Crippen molar-refractivity contribution in [3.05, 3.63) is 11.9 Å². The zero-order valence-corrected chi connectivity index (χ0v) is 11.4. The molecule has 0 bridgehead atoms. The second kappa shape index (κ2) is 6.00. The number of nitrogens with one attached hydrogen (secondary N) is 2. The van der Waals surface area contributed by atoms with Gasteiger partial charge in [-0.05, 0) is 19.8 Å². The van der Waals surface area contributed by atoms with E-state index in [2.05, 4.69) is 27.5 Å². The summed E-state index contributed by atoms with van der Waals surface area (Å²) < 4.78 is 5.55. The molecule has 18 heavy (non-hydrogen) atoms. The molecule has 1 aliphatic carbocycles. The number of rotatable bonds is 6. The lowest BCUT2D eigenvalue weighted by atomic mass is 9.89. The van der Waals surface area contributed by atoms with Gasteiger partial charge in [0.05, 0.1) is 6.10 Å². The maximum atomic E-state index is 5.55. The summed E-state index contributed by atoms with van der Waals surface area (Å²) in [6.07, 6.45) is 3.39. The zero-order valence-electron chi connectivity index (χ0n) is 11.4. The Kier molecular flexibility index (Phi) is 4.36. The minimum absolute atomic E-state index is 0.420. The molecule has 0 aliphatic heterocycles. The largest absolute Gasteiger partial charge is 0.378 e. The molecule has 1 aliphatic rings. The number of aromatic nitrogens is 2. The molecule has 0 amide bonds. The SMILES string of the molecule is CCOC1CC(Nc2cc(NC)nc(CC)n2)C1. The van der Waals surface area contributed by atoms with Crippen LogP contribution in [0.1, 0.15) is 32.5 Å². The fraction of sp³-hybridized carbons (Fsp3) is 0.692. The third-order valence-electron chi connectivity index (χ3n) is 3.19. The molecule has 0 saturated heterocycles. The fourth-order valence-electron chi connectivity index (χ4n) is 2.12. The first-order valence-electron chi connectivity index (χ1n) is 6.69. The van der Waals surface area contributed by atoms with Gasteiger partial charge in [-0.2, -0.15) is 0 Å². The van der Waals surface area contributed by atoms with Crippen LogP contribution in [0.3, 0.4) is 0 Å². The molecular weight excluding hydrogens is 228 g/mol. The van der Waals surface area contributed by atoms with E-state index in [9.17, 15) is 0 Å². The summed E-state index contributed by atoms with van der Waals surface area (Å²) in [7, 11) is 1.88. The van der Waals surface area contributed by atoms with Gasteiger partial charge in [-0.15, -0.1) is 0 Å². The second-order valence-corrected chi connectivity index (χ2v) is 4.55. The lowest BCUT2D eigenvalue weighted by molar-refractivity contribution is 0.00292. The first kappa shape index (κ1) is 13.1. The molecule has 0 aromatic carbocycles. The van der Waals surface area contributed by atoms with Crippen LogP contribution in [0.25, 0.3) is 0 Å². The van der Waals surface area contributed by atoms with Crippen LogP contribution in [0.2, 0.25) is 0 Å². The number of hydrogen-bond acceptors (Lipinski definition) is 5. The van der Waals surface area contributed by atoms with Crippen LogP contribution in [0, 0.1) is 0 Å². The van der Waals surface area contributed by atoms with Gasteiger partial charge in [-0.3, -0.25) is 0 Å². The maximum absolute atomic E-state index is 5.55. The van der Waals surface area contributed by atoms with Crippen molar-refractivity contribution in [1.82, 2.24) is 9.97 Å². The highest BCUT2D eigenvalue weighted by Crippen LogP contribution is 2.26. The molecule has 100 valence electrons.